The standard InChI is InChI=1S/C21H23N7O2S/c1-13(2)28-19-9-6-17(10-15(19)12-24-28)25-20-14(3)11-23-21(27-20)26-16-4-7-18(8-5-16)31(22,29)30/h4-13H,1-3H3,(H2,22,29,30)(H2,23,25,26,27). The summed E-state index contributed by atoms with van der Waals surface area (Å²) in [6, 6.07) is 12.4. The molecule has 0 aliphatic rings. The van der Waals surface area contributed by atoms with Crippen molar-refractivity contribution in [2.24, 2.45) is 5.14 Å². The van der Waals surface area contributed by atoms with E-state index in [2.05, 4.69) is 39.5 Å². The lowest BCUT2D eigenvalue weighted by molar-refractivity contribution is 0.551. The lowest BCUT2D eigenvalue weighted by Gasteiger charge is -2.12. The van der Waals surface area contributed by atoms with Gasteiger partial charge in [-0.2, -0.15) is 10.1 Å². The Morgan fingerprint density at radius 1 is 1.00 bits per heavy atom. The van der Waals surface area contributed by atoms with Crippen LogP contribution >= 0.6 is 0 Å². The summed E-state index contributed by atoms with van der Waals surface area (Å²) >= 11 is 0. The molecule has 31 heavy (non-hydrogen) atoms. The van der Waals surface area contributed by atoms with Gasteiger partial charge in [0.2, 0.25) is 16.0 Å². The number of aromatic nitrogens is 4. The van der Waals surface area contributed by atoms with Crippen LogP contribution in [-0.4, -0.2) is 28.2 Å². The predicted molar refractivity (Wildman–Crippen MR) is 121 cm³/mol. The van der Waals surface area contributed by atoms with Gasteiger partial charge in [-0.05, 0) is 63.2 Å². The molecule has 10 heteroatoms. The molecule has 0 aliphatic carbocycles. The van der Waals surface area contributed by atoms with E-state index >= 15 is 0 Å². The van der Waals surface area contributed by atoms with E-state index in [9.17, 15) is 8.42 Å². The van der Waals surface area contributed by atoms with Gasteiger partial charge in [0.05, 0.1) is 16.6 Å². The Morgan fingerprint density at radius 3 is 2.39 bits per heavy atom. The van der Waals surface area contributed by atoms with Crippen molar-refractivity contribution in [2.75, 3.05) is 10.6 Å². The molecule has 0 amide bonds. The third kappa shape index (κ3) is 4.49. The minimum atomic E-state index is -3.73. The van der Waals surface area contributed by atoms with Crippen molar-refractivity contribution in [2.45, 2.75) is 31.7 Å². The van der Waals surface area contributed by atoms with E-state index in [1.807, 2.05) is 36.0 Å². The highest BCUT2D eigenvalue weighted by atomic mass is 32.2. The minimum absolute atomic E-state index is 0.0430. The molecule has 0 bridgehead atoms. The summed E-state index contributed by atoms with van der Waals surface area (Å²) in [6.07, 6.45) is 3.57. The van der Waals surface area contributed by atoms with Crippen LogP contribution in [-0.2, 0) is 10.0 Å². The van der Waals surface area contributed by atoms with Crippen LogP contribution in [0.1, 0.15) is 25.5 Å². The molecule has 0 radical (unpaired) electrons. The van der Waals surface area contributed by atoms with Crippen molar-refractivity contribution >= 4 is 44.1 Å². The molecule has 0 spiro atoms. The van der Waals surface area contributed by atoms with Crippen LogP contribution in [0.3, 0.4) is 0 Å². The van der Waals surface area contributed by atoms with E-state index in [0.29, 0.717) is 17.5 Å². The zero-order chi connectivity index (χ0) is 22.2. The van der Waals surface area contributed by atoms with Crippen molar-refractivity contribution in [1.82, 2.24) is 19.7 Å². The Labute approximate surface area is 180 Å². The number of sulfonamides is 1. The van der Waals surface area contributed by atoms with Gasteiger partial charge in [-0.25, -0.2) is 18.5 Å². The highest BCUT2D eigenvalue weighted by Crippen LogP contribution is 2.25. The van der Waals surface area contributed by atoms with Crippen LogP contribution in [0.15, 0.2) is 59.8 Å². The molecule has 4 aromatic rings. The smallest absolute Gasteiger partial charge is 0.238 e. The van der Waals surface area contributed by atoms with E-state index in [4.69, 9.17) is 5.14 Å². The SMILES string of the molecule is Cc1cnc(Nc2ccc(S(N)(=O)=O)cc2)nc1Nc1ccc2c(cnn2C(C)C)c1. The van der Waals surface area contributed by atoms with E-state index in [-0.39, 0.29) is 10.9 Å². The Bertz CT molecular complexity index is 1350. The van der Waals surface area contributed by atoms with E-state index in [0.717, 1.165) is 22.2 Å². The molecule has 0 unspecified atom stereocenters. The van der Waals surface area contributed by atoms with Gasteiger partial charge in [0, 0.05) is 34.6 Å². The van der Waals surface area contributed by atoms with Crippen LogP contribution in [0.2, 0.25) is 0 Å². The zero-order valence-corrected chi connectivity index (χ0v) is 18.2. The maximum Gasteiger partial charge on any atom is 0.238 e. The minimum Gasteiger partial charge on any atom is -0.340 e. The van der Waals surface area contributed by atoms with Crippen molar-refractivity contribution in [3.63, 3.8) is 0 Å². The Kier molecular flexibility index (Phi) is 5.34. The maximum atomic E-state index is 11.4. The fourth-order valence-electron chi connectivity index (χ4n) is 3.17. The van der Waals surface area contributed by atoms with Gasteiger partial charge in [0.15, 0.2) is 0 Å². The highest BCUT2D eigenvalue weighted by molar-refractivity contribution is 7.89. The molecule has 2 aromatic carbocycles. The number of nitrogens with two attached hydrogens (primary N) is 1. The number of rotatable bonds is 6. The second kappa shape index (κ2) is 7.97. The largest absolute Gasteiger partial charge is 0.340 e. The first-order valence-electron chi connectivity index (χ1n) is 9.68. The molecular weight excluding hydrogens is 414 g/mol. The van der Waals surface area contributed by atoms with Gasteiger partial charge in [-0.1, -0.05) is 0 Å². The number of primary sulfonamides is 1. The lowest BCUT2D eigenvalue weighted by atomic mass is 10.2. The Morgan fingerprint density at radius 2 is 1.71 bits per heavy atom. The number of fused-ring (bicyclic) bond motifs is 1. The molecule has 4 rings (SSSR count). The summed E-state index contributed by atoms with van der Waals surface area (Å²) in [6.45, 7) is 6.11. The summed E-state index contributed by atoms with van der Waals surface area (Å²) in [5.41, 5.74) is 3.49. The van der Waals surface area contributed by atoms with Gasteiger partial charge < -0.3 is 10.6 Å². The molecule has 0 saturated heterocycles. The molecule has 2 heterocycles. The first-order chi connectivity index (χ1) is 14.7. The van der Waals surface area contributed by atoms with Crippen molar-refractivity contribution in [3.8, 4) is 0 Å². The molecule has 2 aromatic heterocycles. The van der Waals surface area contributed by atoms with E-state index in [1.54, 1.807) is 18.3 Å². The van der Waals surface area contributed by atoms with Gasteiger partial charge >= 0.3 is 0 Å². The van der Waals surface area contributed by atoms with Gasteiger partial charge in [0.1, 0.15) is 5.82 Å². The predicted octanol–water partition coefficient (Wildman–Crippen LogP) is 3.85. The summed E-state index contributed by atoms with van der Waals surface area (Å²) in [5, 5.41) is 17.0. The fraction of sp³-hybridized carbons (Fsp3) is 0.190. The van der Waals surface area contributed by atoms with Crippen molar-refractivity contribution in [1.29, 1.82) is 0 Å². The molecule has 0 atom stereocenters. The fourth-order valence-corrected chi connectivity index (χ4v) is 3.68. The third-order valence-corrected chi connectivity index (χ3v) is 5.69. The second-order valence-electron chi connectivity index (χ2n) is 7.50. The van der Waals surface area contributed by atoms with Crippen molar-refractivity contribution in [3.05, 3.63) is 60.4 Å². The van der Waals surface area contributed by atoms with Gasteiger partial charge in [-0.3, -0.25) is 4.68 Å². The van der Waals surface area contributed by atoms with Crippen LogP contribution in [0.25, 0.3) is 10.9 Å². The number of anilines is 4. The van der Waals surface area contributed by atoms with Crippen LogP contribution in [0, 0.1) is 6.92 Å². The Hall–Kier alpha value is -3.50. The molecular formula is C21H23N7O2S. The summed E-state index contributed by atoms with van der Waals surface area (Å²) in [4.78, 5) is 8.89. The average molecular weight is 438 g/mol. The quantitative estimate of drug-likeness (QED) is 0.418. The van der Waals surface area contributed by atoms with E-state index in [1.165, 1.54) is 12.1 Å². The van der Waals surface area contributed by atoms with Gasteiger partial charge in [0.25, 0.3) is 0 Å². The van der Waals surface area contributed by atoms with Crippen LogP contribution in [0.4, 0.5) is 23.1 Å². The first kappa shape index (κ1) is 20.8. The molecule has 0 aliphatic heterocycles. The normalized spacial score (nSPS) is 11.8. The number of nitrogens with one attached hydrogen (secondary N) is 2. The van der Waals surface area contributed by atoms with Gasteiger partial charge in [-0.15, -0.1) is 0 Å². The number of aryl methyl sites for hydroxylation is 1. The second-order valence-corrected chi connectivity index (χ2v) is 9.06. The molecule has 160 valence electrons. The van der Waals surface area contributed by atoms with E-state index < -0.39 is 10.0 Å². The van der Waals surface area contributed by atoms with Crippen LogP contribution < -0.4 is 15.8 Å². The Balaban J connectivity index is 1.56. The summed E-state index contributed by atoms with van der Waals surface area (Å²) < 4.78 is 24.8. The lowest BCUT2D eigenvalue weighted by Crippen LogP contribution is -2.11. The molecule has 9 nitrogen and oxygen atoms in total. The maximum absolute atomic E-state index is 11.4. The first-order valence-corrected chi connectivity index (χ1v) is 11.2. The molecule has 0 saturated carbocycles. The van der Waals surface area contributed by atoms with Crippen molar-refractivity contribution < 1.29 is 8.42 Å². The molecule has 0 fully saturated rings. The van der Waals surface area contributed by atoms with Crippen LogP contribution in [0.5, 0.6) is 0 Å². The number of hydrogen-bond acceptors (Lipinski definition) is 7. The number of hydrogen-bond donors (Lipinski definition) is 3. The zero-order valence-electron chi connectivity index (χ0n) is 17.4. The summed E-state index contributed by atoms with van der Waals surface area (Å²) in [5.74, 6) is 1.04. The topological polar surface area (TPSA) is 128 Å². The monoisotopic (exact) mass is 437 g/mol. The average Bonchev–Trinajstić information content (AvgIpc) is 3.14. The summed E-state index contributed by atoms with van der Waals surface area (Å²) in [7, 11) is -3.73. The molecule has 4 N–H and O–H groups in total. The number of nitrogens with zero attached hydrogens (tertiary/aromatic N) is 4. The number of benzene rings is 2. The third-order valence-electron chi connectivity index (χ3n) is 4.76. The highest BCUT2D eigenvalue weighted by Gasteiger charge is 2.10.